The molecule has 1 heteroatoms. The largest absolute Gasteiger partial charge is 0.489 e. The number of fused-ring (bicyclic) bond motifs is 1. The third-order valence-electron chi connectivity index (χ3n) is 2.70. The Morgan fingerprint density at radius 1 is 1.00 bits per heavy atom. The molecule has 86 valence electrons. The Balaban J connectivity index is 2.54. The van der Waals surface area contributed by atoms with Crippen LogP contribution in [-0.2, 0) is 6.42 Å². The number of hydrogen-bond donors (Lipinski definition) is 0. The van der Waals surface area contributed by atoms with E-state index in [-0.39, 0.29) is 0 Å². The molecule has 0 spiro atoms. The van der Waals surface area contributed by atoms with Crippen LogP contribution in [-0.4, -0.2) is 6.61 Å². The van der Waals surface area contributed by atoms with Gasteiger partial charge in [-0.15, -0.1) is 6.58 Å². The molecule has 2 aromatic carbocycles. The fourth-order valence-corrected chi connectivity index (χ4v) is 1.95. The summed E-state index contributed by atoms with van der Waals surface area (Å²) in [5.74, 6) is 0.920. The summed E-state index contributed by atoms with van der Waals surface area (Å²) in [5, 5.41) is 2.46. The maximum absolute atomic E-state index is 5.68. The Kier molecular flexibility index (Phi) is 3.61. The van der Waals surface area contributed by atoms with E-state index in [9.17, 15) is 0 Å². The predicted octanol–water partition coefficient (Wildman–Crippen LogP) is 4.13. The van der Waals surface area contributed by atoms with Gasteiger partial charge in [-0.05, 0) is 23.3 Å². The lowest BCUT2D eigenvalue weighted by Gasteiger charge is -2.12. The normalized spacial score (nSPS) is 10.1. The Morgan fingerprint density at radius 3 is 2.59 bits per heavy atom. The van der Waals surface area contributed by atoms with Crippen LogP contribution in [0.3, 0.4) is 0 Å². The van der Waals surface area contributed by atoms with Crippen LogP contribution in [0.25, 0.3) is 10.8 Å². The lowest BCUT2D eigenvalue weighted by atomic mass is 10.0. The van der Waals surface area contributed by atoms with Gasteiger partial charge in [0.1, 0.15) is 12.4 Å². The first kappa shape index (κ1) is 11.5. The highest BCUT2D eigenvalue weighted by atomic mass is 16.5. The number of rotatable bonds is 5. The molecule has 2 rings (SSSR count). The monoisotopic (exact) mass is 224 g/mol. The minimum Gasteiger partial charge on any atom is -0.489 e. The highest BCUT2D eigenvalue weighted by Crippen LogP contribution is 2.28. The number of ether oxygens (including phenoxy) is 1. The topological polar surface area (TPSA) is 9.23 Å². The van der Waals surface area contributed by atoms with Crippen LogP contribution in [0, 0.1) is 0 Å². The van der Waals surface area contributed by atoms with Crippen molar-refractivity contribution in [3.8, 4) is 5.75 Å². The summed E-state index contributed by atoms with van der Waals surface area (Å²) in [6, 6.07) is 12.4. The molecule has 0 aliphatic rings. The second kappa shape index (κ2) is 5.35. The average molecular weight is 224 g/mol. The molecule has 0 aliphatic heterocycles. The van der Waals surface area contributed by atoms with Gasteiger partial charge < -0.3 is 4.74 Å². The van der Waals surface area contributed by atoms with Gasteiger partial charge in [0.15, 0.2) is 0 Å². The molecule has 0 radical (unpaired) electrons. The maximum Gasteiger partial charge on any atom is 0.123 e. The molecule has 0 N–H and O–H groups in total. The van der Waals surface area contributed by atoms with Crippen molar-refractivity contribution < 1.29 is 4.74 Å². The first-order valence-electron chi connectivity index (χ1n) is 5.72. The quantitative estimate of drug-likeness (QED) is 0.694. The Bertz CT molecular complexity index is 540. The highest BCUT2D eigenvalue weighted by Gasteiger charge is 2.06. The van der Waals surface area contributed by atoms with Crippen molar-refractivity contribution >= 4 is 10.8 Å². The van der Waals surface area contributed by atoms with Crippen molar-refractivity contribution in [1.82, 2.24) is 0 Å². The van der Waals surface area contributed by atoms with E-state index in [1.807, 2.05) is 24.3 Å². The van der Waals surface area contributed by atoms with E-state index >= 15 is 0 Å². The zero-order chi connectivity index (χ0) is 12.1. The molecule has 1 nitrogen and oxygen atoms in total. The molecule has 0 aromatic heterocycles. The second-order valence-electron chi connectivity index (χ2n) is 3.86. The molecule has 0 atom stereocenters. The molecule has 0 saturated carbocycles. The molecular formula is C16H16O. The van der Waals surface area contributed by atoms with Gasteiger partial charge in [-0.1, -0.05) is 49.1 Å². The summed E-state index contributed by atoms with van der Waals surface area (Å²) in [6.45, 7) is 8.01. The fraction of sp³-hybridized carbons (Fsp3) is 0.125. The van der Waals surface area contributed by atoms with E-state index < -0.39 is 0 Å². The van der Waals surface area contributed by atoms with Crippen molar-refractivity contribution in [1.29, 1.82) is 0 Å². The smallest absolute Gasteiger partial charge is 0.123 e. The number of hydrogen-bond acceptors (Lipinski definition) is 1. The fourth-order valence-electron chi connectivity index (χ4n) is 1.95. The zero-order valence-electron chi connectivity index (χ0n) is 9.86. The number of benzene rings is 2. The first-order valence-corrected chi connectivity index (χ1v) is 5.72. The summed E-state index contributed by atoms with van der Waals surface area (Å²) in [5.41, 5.74) is 1.19. The number of allylic oxidation sites excluding steroid dienone is 1. The molecule has 0 heterocycles. The molecule has 0 fully saturated rings. The van der Waals surface area contributed by atoms with Crippen molar-refractivity contribution in [2.45, 2.75) is 6.42 Å². The Morgan fingerprint density at radius 2 is 1.82 bits per heavy atom. The molecule has 0 aliphatic carbocycles. The molecule has 0 bridgehead atoms. The standard InChI is InChI=1S/C16H16O/c1-3-7-15-14-9-6-5-8-13(14)10-11-16(15)17-12-4-2/h3-6,8-11H,1-2,7,12H2. The van der Waals surface area contributed by atoms with Gasteiger partial charge in [0.2, 0.25) is 0 Å². The van der Waals surface area contributed by atoms with Crippen molar-refractivity contribution in [3.63, 3.8) is 0 Å². The van der Waals surface area contributed by atoms with Gasteiger partial charge >= 0.3 is 0 Å². The van der Waals surface area contributed by atoms with E-state index in [0.29, 0.717) is 6.61 Å². The molecule has 17 heavy (non-hydrogen) atoms. The van der Waals surface area contributed by atoms with Crippen molar-refractivity contribution in [3.05, 3.63) is 67.3 Å². The molecule has 0 amide bonds. The van der Waals surface area contributed by atoms with E-state index in [0.717, 1.165) is 12.2 Å². The molecule has 0 unspecified atom stereocenters. The molecule has 2 aromatic rings. The van der Waals surface area contributed by atoms with Gasteiger partial charge in [0, 0.05) is 5.56 Å². The van der Waals surface area contributed by atoms with Gasteiger partial charge in [0.25, 0.3) is 0 Å². The molecular weight excluding hydrogens is 208 g/mol. The summed E-state index contributed by atoms with van der Waals surface area (Å²) in [6.07, 6.45) is 4.48. The summed E-state index contributed by atoms with van der Waals surface area (Å²) >= 11 is 0. The second-order valence-corrected chi connectivity index (χ2v) is 3.86. The van der Waals surface area contributed by atoms with E-state index in [2.05, 4.69) is 31.4 Å². The zero-order valence-corrected chi connectivity index (χ0v) is 9.86. The first-order chi connectivity index (χ1) is 8.36. The minimum absolute atomic E-state index is 0.530. The van der Waals surface area contributed by atoms with Gasteiger partial charge in [-0.3, -0.25) is 0 Å². The molecule has 0 saturated heterocycles. The summed E-state index contributed by atoms with van der Waals surface area (Å²) in [4.78, 5) is 0. The summed E-state index contributed by atoms with van der Waals surface area (Å²) < 4.78 is 5.68. The summed E-state index contributed by atoms with van der Waals surface area (Å²) in [7, 11) is 0. The van der Waals surface area contributed by atoms with Gasteiger partial charge in [-0.25, -0.2) is 0 Å². The van der Waals surface area contributed by atoms with Crippen molar-refractivity contribution in [2.24, 2.45) is 0 Å². The van der Waals surface area contributed by atoms with Gasteiger partial charge in [0.05, 0.1) is 0 Å². The lowest BCUT2D eigenvalue weighted by molar-refractivity contribution is 0.360. The van der Waals surface area contributed by atoms with Gasteiger partial charge in [-0.2, -0.15) is 0 Å². The lowest BCUT2D eigenvalue weighted by Crippen LogP contribution is -1.97. The third-order valence-corrected chi connectivity index (χ3v) is 2.70. The SMILES string of the molecule is C=CCOc1ccc2ccccc2c1CC=C. The van der Waals surface area contributed by atoms with Crippen molar-refractivity contribution in [2.75, 3.05) is 6.61 Å². The van der Waals surface area contributed by atoms with E-state index in [1.165, 1.54) is 16.3 Å². The van der Waals surface area contributed by atoms with E-state index in [1.54, 1.807) is 6.08 Å². The highest BCUT2D eigenvalue weighted by molar-refractivity contribution is 5.87. The third kappa shape index (κ3) is 2.39. The van der Waals surface area contributed by atoms with Crippen LogP contribution in [0.4, 0.5) is 0 Å². The predicted molar refractivity (Wildman–Crippen MR) is 73.5 cm³/mol. The van der Waals surface area contributed by atoms with Crippen LogP contribution in [0.5, 0.6) is 5.75 Å². The van der Waals surface area contributed by atoms with Crippen LogP contribution >= 0.6 is 0 Å². The minimum atomic E-state index is 0.530. The average Bonchev–Trinajstić information content (AvgIpc) is 2.38. The maximum atomic E-state index is 5.68. The van der Waals surface area contributed by atoms with Crippen LogP contribution in [0.1, 0.15) is 5.56 Å². The van der Waals surface area contributed by atoms with Crippen LogP contribution in [0.2, 0.25) is 0 Å². The van der Waals surface area contributed by atoms with Crippen LogP contribution < -0.4 is 4.74 Å². The van der Waals surface area contributed by atoms with Crippen LogP contribution in [0.15, 0.2) is 61.7 Å². The van der Waals surface area contributed by atoms with E-state index in [4.69, 9.17) is 4.74 Å². The Labute approximate surface area is 102 Å². The Hall–Kier alpha value is -2.02.